The molecule has 5 nitrogen and oxygen atoms in total. The number of hydrogen-bond donors (Lipinski definition) is 2. The van der Waals surface area contributed by atoms with Crippen LogP contribution in [0.2, 0.25) is 0 Å². The van der Waals surface area contributed by atoms with E-state index in [-0.39, 0.29) is 24.6 Å². The molecule has 0 bridgehead atoms. The Bertz CT molecular complexity index is 517. The molecule has 2 rings (SSSR count). The number of carbonyl (C=O) groups is 2. The molecule has 0 spiro atoms. The molecule has 1 aromatic rings. The first-order chi connectivity index (χ1) is 10.0. The molecule has 114 valence electrons. The highest BCUT2D eigenvalue weighted by molar-refractivity contribution is 5.90. The number of rotatable bonds is 8. The summed E-state index contributed by atoms with van der Waals surface area (Å²) >= 11 is 0. The molecule has 0 heterocycles. The number of para-hydroxylation sites is 1. The van der Waals surface area contributed by atoms with Crippen molar-refractivity contribution >= 4 is 17.6 Å². The lowest BCUT2D eigenvalue weighted by Gasteiger charge is -2.19. The molecule has 0 atom stereocenters. The third-order valence-electron chi connectivity index (χ3n) is 3.38. The zero-order valence-electron chi connectivity index (χ0n) is 11.7. The van der Waals surface area contributed by atoms with Crippen LogP contribution in [0.1, 0.15) is 19.3 Å². The fourth-order valence-electron chi connectivity index (χ4n) is 2.13. The van der Waals surface area contributed by atoms with Crippen molar-refractivity contribution in [3.63, 3.8) is 0 Å². The summed E-state index contributed by atoms with van der Waals surface area (Å²) < 4.78 is 13.4. The quantitative estimate of drug-likeness (QED) is 0.769. The van der Waals surface area contributed by atoms with Gasteiger partial charge in [0.25, 0.3) is 0 Å². The third kappa shape index (κ3) is 5.51. The number of carbonyl (C=O) groups excluding carboxylic acids is 1. The number of carboxylic acids is 1. The van der Waals surface area contributed by atoms with Gasteiger partial charge in [0.1, 0.15) is 5.82 Å². The molecule has 1 aliphatic rings. The first-order valence-corrected chi connectivity index (χ1v) is 7.03. The predicted octanol–water partition coefficient (Wildman–Crippen LogP) is 1.95. The maximum Gasteiger partial charge on any atom is 0.317 e. The lowest BCUT2D eigenvalue weighted by Crippen LogP contribution is -2.34. The predicted molar refractivity (Wildman–Crippen MR) is 76.4 cm³/mol. The maximum absolute atomic E-state index is 13.4. The molecule has 1 saturated carbocycles. The molecular formula is C15H19FN2O3. The van der Waals surface area contributed by atoms with Crippen molar-refractivity contribution in [2.45, 2.75) is 19.3 Å². The SMILES string of the molecule is O=C(O)CN(CCC(=O)Nc1ccccc1F)CC1CC1. The van der Waals surface area contributed by atoms with Gasteiger partial charge in [0.2, 0.25) is 5.91 Å². The number of hydrogen-bond acceptors (Lipinski definition) is 3. The minimum Gasteiger partial charge on any atom is -0.480 e. The number of anilines is 1. The molecule has 1 amide bonds. The maximum atomic E-state index is 13.4. The summed E-state index contributed by atoms with van der Waals surface area (Å²) in [6.45, 7) is 1.01. The first-order valence-electron chi connectivity index (χ1n) is 7.03. The number of nitrogens with zero attached hydrogens (tertiary/aromatic N) is 1. The van der Waals surface area contributed by atoms with E-state index in [0.717, 1.165) is 12.8 Å². The van der Waals surface area contributed by atoms with Gasteiger partial charge in [-0.05, 0) is 30.9 Å². The van der Waals surface area contributed by atoms with E-state index in [4.69, 9.17) is 5.11 Å². The van der Waals surface area contributed by atoms with Gasteiger partial charge < -0.3 is 10.4 Å². The van der Waals surface area contributed by atoms with Crippen LogP contribution >= 0.6 is 0 Å². The lowest BCUT2D eigenvalue weighted by atomic mass is 10.2. The molecule has 1 fully saturated rings. The Hall–Kier alpha value is -1.95. The van der Waals surface area contributed by atoms with Crippen LogP contribution in [0.25, 0.3) is 0 Å². The van der Waals surface area contributed by atoms with E-state index in [1.165, 1.54) is 12.1 Å². The van der Waals surface area contributed by atoms with Crippen LogP contribution in [-0.2, 0) is 9.59 Å². The second-order valence-electron chi connectivity index (χ2n) is 5.35. The summed E-state index contributed by atoms with van der Waals surface area (Å²) in [5.41, 5.74) is 0.148. The molecule has 6 heteroatoms. The molecule has 0 radical (unpaired) electrons. The summed E-state index contributed by atoms with van der Waals surface area (Å²) in [5.74, 6) is -1.14. The van der Waals surface area contributed by atoms with Gasteiger partial charge in [0.05, 0.1) is 12.2 Å². The molecule has 1 aromatic carbocycles. The van der Waals surface area contributed by atoms with Crippen molar-refractivity contribution in [3.8, 4) is 0 Å². The van der Waals surface area contributed by atoms with E-state index in [1.807, 2.05) is 0 Å². The van der Waals surface area contributed by atoms with Crippen molar-refractivity contribution in [2.75, 3.05) is 25.0 Å². The number of aliphatic carboxylic acids is 1. The Kier molecular flexibility index (Phi) is 5.27. The average Bonchev–Trinajstić information content (AvgIpc) is 3.22. The molecule has 0 aromatic heterocycles. The number of nitrogens with one attached hydrogen (secondary N) is 1. The molecule has 0 unspecified atom stereocenters. The topological polar surface area (TPSA) is 69.6 Å². The van der Waals surface area contributed by atoms with Gasteiger partial charge in [-0.25, -0.2) is 4.39 Å². The number of carboxylic acid groups (broad SMARTS) is 1. The summed E-state index contributed by atoms with van der Waals surface area (Å²) in [6.07, 6.45) is 2.39. The van der Waals surface area contributed by atoms with Crippen LogP contribution in [0.3, 0.4) is 0 Å². The van der Waals surface area contributed by atoms with Gasteiger partial charge in [0.15, 0.2) is 0 Å². The molecule has 1 aliphatic carbocycles. The Morgan fingerprint density at radius 1 is 1.33 bits per heavy atom. The Morgan fingerprint density at radius 3 is 2.67 bits per heavy atom. The highest BCUT2D eigenvalue weighted by Gasteiger charge is 2.25. The molecule has 0 saturated heterocycles. The smallest absolute Gasteiger partial charge is 0.317 e. The minimum atomic E-state index is -0.898. The van der Waals surface area contributed by atoms with Crippen molar-refractivity contribution in [1.29, 1.82) is 0 Å². The van der Waals surface area contributed by atoms with Gasteiger partial charge in [-0.2, -0.15) is 0 Å². The summed E-state index contributed by atoms with van der Waals surface area (Å²) in [5, 5.41) is 11.4. The largest absolute Gasteiger partial charge is 0.480 e. The van der Waals surface area contributed by atoms with Gasteiger partial charge in [0, 0.05) is 19.5 Å². The standard InChI is InChI=1S/C15H19FN2O3/c16-12-3-1-2-4-13(12)17-14(19)7-8-18(10-15(20)21)9-11-5-6-11/h1-4,11H,5-10H2,(H,17,19)(H,20,21). The van der Waals surface area contributed by atoms with Gasteiger partial charge >= 0.3 is 5.97 Å². The van der Waals surface area contributed by atoms with Gasteiger partial charge in [-0.3, -0.25) is 14.5 Å². The van der Waals surface area contributed by atoms with E-state index < -0.39 is 11.8 Å². The molecule has 2 N–H and O–H groups in total. The molecular weight excluding hydrogens is 275 g/mol. The van der Waals surface area contributed by atoms with Gasteiger partial charge in [-0.15, -0.1) is 0 Å². The van der Waals surface area contributed by atoms with Crippen LogP contribution < -0.4 is 5.32 Å². The second-order valence-corrected chi connectivity index (χ2v) is 5.35. The van der Waals surface area contributed by atoms with Crippen LogP contribution in [-0.4, -0.2) is 41.5 Å². The Labute approximate surface area is 122 Å². The number of amides is 1. The number of benzene rings is 1. The van der Waals surface area contributed by atoms with Crippen molar-refractivity contribution in [2.24, 2.45) is 5.92 Å². The van der Waals surface area contributed by atoms with E-state index in [2.05, 4.69) is 5.32 Å². The number of halogens is 1. The van der Waals surface area contributed by atoms with Gasteiger partial charge in [-0.1, -0.05) is 12.1 Å². The van der Waals surface area contributed by atoms with E-state index in [9.17, 15) is 14.0 Å². The van der Waals surface area contributed by atoms with Crippen molar-refractivity contribution < 1.29 is 19.1 Å². The van der Waals surface area contributed by atoms with E-state index in [0.29, 0.717) is 19.0 Å². The fraction of sp³-hybridized carbons (Fsp3) is 0.467. The van der Waals surface area contributed by atoms with Crippen LogP contribution in [0, 0.1) is 11.7 Å². The molecule has 0 aliphatic heterocycles. The highest BCUT2D eigenvalue weighted by Crippen LogP contribution is 2.29. The minimum absolute atomic E-state index is 0.0660. The van der Waals surface area contributed by atoms with Crippen LogP contribution in [0.5, 0.6) is 0 Å². The summed E-state index contributed by atoms with van der Waals surface area (Å²) in [6, 6.07) is 5.96. The van der Waals surface area contributed by atoms with Crippen molar-refractivity contribution in [3.05, 3.63) is 30.1 Å². The van der Waals surface area contributed by atoms with Crippen molar-refractivity contribution in [1.82, 2.24) is 4.90 Å². The zero-order valence-corrected chi connectivity index (χ0v) is 11.7. The highest BCUT2D eigenvalue weighted by atomic mass is 19.1. The summed E-state index contributed by atoms with van der Waals surface area (Å²) in [4.78, 5) is 24.4. The zero-order chi connectivity index (χ0) is 15.2. The molecule has 21 heavy (non-hydrogen) atoms. The third-order valence-corrected chi connectivity index (χ3v) is 3.38. The fourth-order valence-corrected chi connectivity index (χ4v) is 2.13. The average molecular weight is 294 g/mol. The van der Waals surface area contributed by atoms with Crippen LogP contribution in [0.4, 0.5) is 10.1 Å². The van der Waals surface area contributed by atoms with E-state index in [1.54, 1.807) is 17.0 Å². The van der Waals surface area contributed by atoms with E-state index >= 15 is 0 Å². The second kappa shape index (κ2) is 7.17. The monoisotopic (exact) mass is 294 g/mol. The Balaban J connectivity index is 1.80. The lowest BCUT2D eigenvalue weighted by molar-refractivity contribution is -0.138. The first kappa shape index (κ1) is 15.4. The Morgan fingerprint density at radius 2 is 2.05 bits per heavy atom. The van der Waals surface area contributed by atoms with Crippen LogP contribution in [0.15, 0.2) is 24.3 Å². The summed E-state index contributed by atoms with van der Waals surface area (Å²) in [7, 11) is 0. The normalized spacial score (nSPS) is 14.2.